The number of aliphatic carboxylic acids is 1. The Morgan fingerprint density at radius 3 is 2.50 bits per heavy atom. The normalized spacial score (nSPS) is 10.7. The third-order valence-corrected chi connectivity index (χ3v) is 3.08. The molecule has 0 aromatic heterocycles. The molecule has 0 aliphatic carbocycles. The van der Waals surface area contributed by atoms with Crippen LogP contribution in [0.25, 0.3) is 0 Å². The van der Waals surface area contributed by atoms with Gasteiger partial charge in [-0.2, -0.15) is 0 Å². The maximum absolute atomic E-state index is 13.2. The summed E-state index contributed by atoms with van der Waals surface area (Å²) in [6.45, 7) is 5.72. The molecule has 0 aliphatic heterocycles. The smallest absolute Gasteiger partial charge is 0.303 e. The number of hydrogen-bond donors (Lipinski definition) is 1. The third kappa shape index (κ3) is 4.33. The zero-order chi connectivity index (χ0) is 15.3. The van der Waals surface area contributed by atoms with Crippen LogP contribution in [0.5, 0.6) is 0 Å². The van der Waals surface area contributed by atoms with Gasteiger partial charge in [-0.25, -0.2) is 4.39 Å². The predicted octanol–water partition coefficient (Wildman–Crippen LogP) is 2.85. The number of carbonyl (C=O) groups is 2. The first-order valence-electron chi connectivity index (χ1n) is 6.62. The molecule has 0 bridgehead atoms. The van der Waals surface area contributed by atoms with Crippen LogP contribution in [0.1, 0.15) is 42.6 Å². The van der Waals surface area contributed by atoms with E-state index in [1.54, 1.807) is 11.8 Å². The second kappa shape index (κ2) is 7.03. The topological polar surface area (TPSA) is 57.6 Å². The Kier molecular flexibility index (Phi) is 5.67. The van der Waals surface area contributed by atoms with Crippen LogP contribution in [0.3, 0.4) is 0 Å². The van der Waals surface area contributed by atoms with Gasteiger partial charge in [-0.3, -0.25) is 9.59 Å². The van der Waals surface area contributed by atoms with Gasteiger partial charge in [0, 0.05) is 24.6 Å². The predicted molar refractivity (Wildman–Crippen MR) is 74.2 cm³/mol. The van der Waals surface area contributed by atoms with Crippen molar-refractivity contribution in [2.45, 2.75) is 39.7 Å². The fourth-order valence-electron chi connectivity index (χ4n) is 1.94. The van der Waals surface area contributed by atoms with Crippen molar-refractivity contribution in [3.05, 3.63) is 35.1 Å². The second-order valence-electron chi connectivity index (χ2n) is 5.05. The molecule has 1 N–H and O–H groups in total. The molecule has 20 heavy (non-hydrogen) atoms. The molecule has 1 aromatic carbocycles. The highest BCUT2D eigenvalue weighted by molar-refractivity contribution is 5.94. The summed E-state index contributed by atoms with van der Waals surface area (Å²) >= 11 is 0. The van der Waals surface area contributed by atoms with E-state index < -0.39 is 5.97 Å². The highest BCUT2D eigenvalue weighted by Gasteiger charge is 2.19. The lowest BCUT2D eigenvalue weighted by Crippen LogP contribution is -2.38. The summed E-state index contributed by atoms with van der Waals surface area (Å²) in [5.74, 6) is -1.42. The Morgan fingerprint density at radius 2 is 2.00 bits per heavy atom. The minimum Gasteiger partial charge on any atom is -0.481 e. The third-order valence-electron chi connectivity index (χ3n) is 3.08. The molecule has 0 radical (unpaired) electrons. The number of halogens is 1. The second-order valence-corrected chi connectivity index (χ2v) is 5.05. The lowest BCUT2D eigenvalue weighted by atomic mass is 10.1. The lowest BCUT2D eigenvalue weighted by molar-refractivity contribution is -0.137. The Bertz CT molecular complexity index is 500. The molecular formula is C15H20FNO3. The van der Waals surface area contributed by atoms with Crippen molar-refractivity contribution in [3.63, 3.8) is 0 Å². The number of hydrogen-bond acceptors (Lipinski definition) is 2. The van der Waals surface area contributed by atoms with Crippen LogP contribution in [0, 0.1) is 12.7 Å². The van der Waals surface area contributed by atoms with Crippen molar-refractivity contribution in [1.29, 1.82) is 0 Å². The zero-order valence-electron chi connectivity index (χ0n) is 12.0. The van der Waals surface area contributed by atoms with Crippen molar-refractivity contribution in [2.75, 3.05) is 6.54 Å². The maximum Gasteiger partial charge on any atom is 0.303 e. The summed E-state index contributed by atoms with van der Waals surface area (Å²) in [6.07, 6.45) is 0.429. The largest absolute Gasteiger partial charge is 0.481 e. The molecule has 1 aromatic rings. The van der Waals surface area contributed by atoms with Crippen LogP contribution in [0.15, 0.2) is 18.2 Å². The van der Waals surface area contributed by atoms with Crippen LogP contribution in [-0.4, -0.2) is 34.5 Å². The molecule has 1 rings (SSSR count). The highest BCUT2D eigenvalue weighted by atomic mass is 19.1. The number of amides is 1. The fraction of sp³-hybridized carbons (Fsp3) is 0.467. The molecule has 0 fully saturated rings. The van der Waals surface area contributed by atoms with Gasteiger partial charge < -0.3 is 10.0 Å². The Labute approximate surface area is 118 Å². The fourth-order valence-corrected chi connectivity index (χ4v) is 1.94. The molecule has 4 nitrogen and oxygen atoms in total. The van der Waals surface area contributed by atoms with Gasteiger partial charge in [0.1, 0.15) is 5.82 Å². The number of carboxylic acid groups (broad SMARTS) is 1. The van der Waals surface area contributed by atoms with E-state index in [2.05, 4.69) is 0 Å². The van der Waals surface area contributed by atoms with Crippen molar-refractivity contribution in [1.82, 2.24) is 4.90 Å². The van der Waals surface area contributed by atoms with Gasteiger partial charge in [0.15, 0.2) is 0 Å². The maximum atomic E-state index is 13.2. The van der Waals surface area contributed by atoms with Crippen molar-refractivity contribution >= 4 is 11.9 Å². The Balaban J connectivity index is 2.82. The van der Waals surface area contributed by atoms with Gasteiger partial charge in [-0.15, -0.1) is 0 Å². The van der Waals surface area contributed by atoms with Gasteiger partial charge >= 0.3 is 5.97 Å². The van der Waals surface area contributed by atoms with Gasteiger partial charge in [-0.1, -0.05) is 0 Å². The number of rotatable bonds is 6. The van der Waals surface area contributed by atoms with Crippen LogP contribution in [-0.2, 0) is 4.79 Å². The number of benzene rings is 1. The van der Waals surface area contributed by atoms with Gasteiger partial charge in [0.25, 0.3) is 5.91 Å². The highest BCUT2D eigenvalue weighted by Crippen LogP contribution is 2.14. The van der Waals surface area contributed by atoms with E-state index in [0.29, 0.717) is 24.1 Å². The molecule has 0 saturated carbocycles. The van der Waals surface area contributed by atoms with E-state index in [4.69, 9.17) is 5.11 Å². The summed E-state index contributed by atoms with van der Waals surface area (Å²) in [5, 5.41) is 8.64. The average molecular weight is 281 g/mol. The summed E-state index contributed by atoms with van der Waals surface area (Å²) in [4.78, 5) is 24.5. The summed E-state index contributed by atoms with van der Waals surface area (Å²) in [7, 11) is 0. The molecule has 5 heteroatoms. The minimum absolute atomic E-state index is 0.0267. The molecule has 0 spiro atoms. The molecule has 1 amide bonds. The molecule has 0 unspecified atom stereocenters. The van der Waals surface area contributed by atoms with Gasteiger partial charge in [0.2, 0.25) is 0 Å². The molecule has 0 saturated heterocycles. The van der Waals surface area contributed by atoms with Crippen LogP contribution < -0.4 is 0 Å². The standard InChI is InChI=1S/C15H20FNO3/c1-10(2)17(8-4-5-14(18)19)15(20)12-6-7-13(16)11(3)9-12/h6-7,9-10H,4-5,8H2,1-3H3,(H,18,19). The monoisotopic (exact) mass is 281 g/mol. The van der Waals surface area contributed by atoms with Gasteiger partial charge in [0.05, 0.1) is 0 Å². The van der Waals surface area contributed by atoms with E-state index in [-0.39, 0.29) is 24.2 Å². The van der Waals surface area contributed by atoms with Gasteiger partial charge in [-0.05, 0) is 51.0 Å². The summed E-state index contributed by atoms with van der Waals surface area (Å²) < 4.78 is 13.2. The first-order valence-corrected chi connectivity index (χ1v) is 6.62. The molecule has 0 aliphatic rings. The summed E-state index contributed by atoms with van der Waals surface area (Å²) in [5.41, 5.74) is 0.845. The van der Waals surface area contributed by atoms with E-state index >= 15 is 0 Å². The first-order chi connectivity index (χ1) is 9.32. The van der Waals surface area contributed by atoms with Crippen molar-refractivity contribution in [2.24, 2.45) is 0 Å². The molecular weight excluding hydrogens is 261 g/mol. The number of carbonyl (C=O) groups excluding carboxylic acids is 1. The molecule has 0 heterocycles. The van der Waals surface area contributed by atoms with Crippen LogP contribution in [0.4, 0.5) is 4.39 Å². The van der Waals surface area contributed by atoms with E-state index in [0.717, 1.165) is 0 Å². The van der Waals surface area contributed by atoms with Crippen LogP contribution >= 0.6 is 0 Å². The minimum atomic E-state index is -0.876. The number of aryl methyl sites for hydroxylation is 1. The van der Waals surface area contributed by atoms with Crippen LogP contribution in [0.2, 0.25) is 0 Å². The SMILES string of the molecule is Cc1cc(C(=O)N(CCCC(=O)O)C(C)C)ccc1F. The molecule has 110 valence electrons. The van der Waals surface area contributed by atoms with Crippen molar-refractivity contribution < 1.29 is 19.1 Å². The zero-order valence-corrected chi connectivity index (χ0v) is 12.0. The number of nitrogens with zero attached hydrogens (tertiary/aromatic N) is 1. The molecule has 0 atom stereocenters. The summed E-state index contributed by atoms with van der Waals surface area (Å²) in [6, 6.07) is 4.21. The Hall–Kier alpha value is -1.91. The van der Waals surface area contributed by atoms with E-state index in [1.807, 2.05) is 13.8 Å². The Morgan fingerprint density at radius 1 is 1.35 bits per heavy atom. The van der Waals surface area contributed by atoms with E-state index in [9.17, 15) is 14.0 Å². The quantitative estimate of drug-likeness (QED) is 0.872. The van der Waals surface area contributed by atoms with Crippen molar-refractivity contribution in [3.8, 4) is 0 Å². The first kappa shape index (κ1) is 16.1. The number of carboxylic acids is 1. The average Bonchev–Trinajstić information content (AvgIpc) is 2.36. The lowest BCUT2D eigenvalue weighted by Gasteiger charge is -2.27. The van der Waals surface area contributed by atoms with E-state index in [1.165, 1.54) is 18.2 Å².